The number of hydrogen-bond donors (Lipinski definition) is 0. The van der Waals surface area contributed by atoms with E-state index in [2.05, 4.69) is 78.9 Å². The fraction of sp³-hybridized carbons (Fsp3) is 0.300. The van der Waals surface area contributed by atoms with Gasteiger partial charge in [-0.15, -0.1) is 11.8 Å². The minimum Gasteiger partial charge on any atom is -0.494 e. The van der Waals surface area contributed by atoms with E-state index in [1.807, 2.05) is 0 Å². The summed E-state index contributed by atoms with van der Waals surface area (Å²) in [5, 5.41) is 0. The van der Waals surface area contributed by atoms with Crippen molar-refractivity contribution in [1.29, 1.82) is 0 Å². The second-order valence-electron chi connectivity index (χ2n) is 5.80. The molecule has 1 aliphatic rings. The molecule has 1 heterocycles. The van der Waals surface area contributed by atoms with Crippen molar-refractivity contribution >= 4 is 17.8 Å². The molecule has 0 fully saturated rings. The summed E-state index contributed by atoms with van der Waals surface area (Å²) in [6, 6.07) is 17.4. The molecular formula is C20H23NOS. The highest BCUT2D eigenvalue weighted by atomic mass is 32.2. The van der Waals surface area contributed by atoms with Crippen LogP contribution in [0, 0.1) is 0 Å². The summed E-state index contributed by atoms with van der Waals surface area (Å²) in [4.78, 5) is 3.66. The number of fused-ring (bicyclic) bond motifs is 1. The molecule has 0 aliphatic carbocycles. The highest BCUT2D eigenvalue weighted by molar-refractivity contribution is 7.98. The molecule has 0 unspecified atom stereocenters. The Kier molecular flexibility index (Phi) is 5.42. The predicted molar refractivity (Wildman–Crippen MR) is 99.2 cm³/mol. The average molecular weight is 325 g/mol. The third-order valence-corrected chi connectivity index (χ3v) is 5.04. The van der Waals surface area contributed by atoms with Gasteiger partial charge in [0.1, 0.15) is 5.75 Å². The molecule has 2 aromatic rings. The van der Waals surface area contributed by atoms with Crippen LogP contribution in [0.25, 0.3) is 6.08 Å². The van der Waals surface area contributed by atoms with Crippen LogP contribution in [0.3, 0.4) is 0 Å². The highest BCUT2D eigenvalue weighted by Crippen LogP contribution is 2.29. The Morgan fingerprint density at radius 3 is 2.70 bits per heavy atom. The maximum Gasteiger partial charge on any atom is 0.119 e. The van der Waals surface area contributed by atoms with Gasteiger partial charge < -0.3 is 4.74 Å². The molecule has 0 saturated heterocycles. The molecule has 0 spiro atoms. The molecule has 0 saturated carbocycles. The number of nitrogens with zero attached hydrogens (tertiary/aromatic N) is 1. The van der Waals surface area contributed by atoms with Crippen LogP contribution in [0.4, 0.5) is 0 Å². The van der Waals surface area contributed by atoms with E-state index in [0.717, 1.165) is 25.3 Å². The lowest BCUT2D eigenvalue weighted by Crippen LogP contribution is -2.25. The van der Waals surface area contributed by atoms with E-state index in [1.54, 1.807) is 11.8 Å². The van der Waals surface area contributed by atoms with Crippen LogP contribution in [0.5, 0.6) is 5.75 Å². The summed E-state index contributed by atoms with van der Waals surface area (Å²) in [5.74, 6) is 0.950. The third kappa shape index (κ3) is 3.98. The predicted octanol–water partition coefficient (Wildman–Crippen LogP) is 4.88. The Hall–Kier alpha value is -1.71. The van der Waals surface area contributed by atoms with Crippen molar-refractivity contribution in [2.24, 2.45) is 0 Å². The number of hydrogen-bond acceptors (Lipinski definition) is 3. The summed E-state index contributed by atoms with van der Waals surface area (Å²) in [6.07, 6.45) is 7.54. The maximum atomic E-state index is 5.96. The number of likely N-dealkylation sites (N-methyl/N-ethyl adjacent to an activating group) is 1. The van der Waals surface area contributed by atoms with Crippen molar-refractivity contribution < 1.29 is 4.74 Å². The van der Waals surface area contributed by atoms with Gasteiger partial charge in [0.2, 0.25) is 0 Å². The smallest absolute Gasteiger partial charge is 0.119 e. The molecule has 0 bridgehead atoms. The van der Waals surface area contributed by atoms with Crippen molar-refractivity contribution in [3.63, 3.8) is 0 Å². The van der Waals surface area contributed by atoms with Gasteiger partial charge in [0.25, 0.3) is 0 Å². The molecule has 2 nitrogen and oxygen atoms in total. The van der Waals surface area contributed by atoms with Gasteiger partial charge in [-0.25, -0.2) is 0 Å². The fourth-order valence-electron chi connectivity index (χ4n) is 3.01. The number of benzene rings is 2. The summed E-state index contributed by atoms with van der Waals surface area (Å²) < 4.78 is 5.96. The zero-order valence-electron chi connectivity index (χ0n) is 13.7. The second-order valence-corrected chi connectivity index (χ2v) is 6.68. The molecule has 0 radical (unpaired) electrons. The Morgan fingerprint density at radius 2 is 1.91 bits per heavy atom. The molecule has 3 rings (SSSR count). The van der Waals surface area contributed by atoms with Crippen LogP contribution in [-0.2, 0) is 0 Å². The van der Waals surface area contributed by atoms with Crippen molar-refractivity contribution in [3.05, 3.63) is 65.7 Å². The number of thioether (sulfide) groups is 1. The van der Waals surface area contributed by atoms with Gasteiger partial charge in [0.05, 0.1) is 6.61 Å². The van der Waals surface area contributed by atoms with Crippen molar-refractivity contribution in [3.8, 4) is 5.75 Å². The first-order valence-corrected chi connectivity index (χ1v) is 9.23. The first-order valence-electron chi connectivity index (χ1n) is 8.00. The summed E-state index contributed by atoms with van der Waals surface area (Å²) in [7, 11) is 2.18. The van der Waals surface area contributed by atoms with Crippen LogP contribution in [0.2, 0.25) is 0 Å². The van der Waals surface area contributed by atoms with Crippen LogP contribution in [0.1, 0.15) is 23.6 Å². The highest BCUT2D eigenvalue weighted by Gasteiger charge is 2.20. The fourth-order valence-corrected chi connectivity index (χ4v) is 3.42. The molecule has 0 amide bonds. The second kappa shape index (κ2) is 7.71. The first kappa shape index (κ1) is 16.2. The van der Waals surface area contributed by atoms with Gasteiger partial charge in [-0.05, 0) is 48.7 Å². The summed E-state index contributed by atoms with van der Waals surface area (Å²) >= 11 is 1.75. The summed E-state index contributed by atoms with van der Waals surface area (Å²) in [6.45, 7) is 1.70. The molecule has 0 aromatic heterocycles. The molecule has 23 heavy (non-hydrogen) atoms. The maximum absolute atomic E-state index is 5.96. The standard InChI is InChI=1S/C20H23NOS/c1-21-14-5-7-16-6-3-4-8-19(16)20(21)13-15-22-17-9-11-18(23-2)12-10-17/h3-12,20H,13-15H2,1-2H3/t20-/m1/s1. The van der Waals surface area contributed by atoms with E-state index >= 15 is 0 Å². The Morgan fingerprint density at radius 1 is 1.13 bits per heavy atom. The van der Waals surface area contributed by atoms with E-state index in [-0.39, 0.29) is 0 Å². The van der Waals surface area contributed by atoms with Gasteiger partial charge in [-0.3, -0.25) is 4.90 Å². The van der Waals surface area contributed by atoms with Gasteiger partial charge in [0, 0.05) is 23.9 Å². The van der Waals surface area contributed by atoms with E-state index in [1.165, 1.54) is 16.0 Å². The zero-order valence-corrected chi connectivity index (χ0v) is 14.6. The quantitative estimate of drug-likeness (QED) is 0.727. The van der Waals surface area contributed by atoms with Crippen LogP contribution in [0.15, 0.2) is 59.5 Å². The monoisotopic (exact) mass is 325 g/mol. The Labute approximate surface area is 143 Å². The zero-order chi connectivity index (χ0) is 16.1. The average Bonchev–Trinajstić information content (AvgIpc) is 2.75. The number of rotatable bonds is 5. The van der Waals surface area contributed by atoms with Crippen LogP contribution in [-0.4, -0.2) is 31.4 Å². The normalized spacial score (nSPS) is 17.6. The van der Waals surface area contributed by atoms with E-state index < -0.39 is 0 Å². The van der Waals surface area contributed by atoms with Crippen molar-refractivity contribution in [1.82, 2.24) is 4.90 Å². The van der Waals surface area contributed by atoms with Gasteiger partial charge in [0.15, 0.2) is 0 Å². The lowest BCUT2D eigenvalue weighted by atomic mass is 9.98. The van der Waals surface area contributed by atoms with E-state index in [4.69, 9.17) is 4.74 Å². The first-order chi connectivity index (χ1) is 11.3. The van der Waals surface area contributed by atoms with Gasteiger partial charge in [-0.1, -0.05) is 36.4 Å². The molecule has 1 aliphatic heterocycles. The lowest BCUT2D eigenvalue weighted by molar-refractivity contribution is 0.210. The molecular weight excluding hydrogens is 302 g/mol. The Bertz CT molecular complexity index is 666. The van der Waals surface area contributed by atoms with Crippen molar-refractivity contribution in [2.45, 2.75) is 17.4 Å². The van der Waals surface area contributed by atoms with Crippen LogP contribution < -0.4 is 4.74 Å². The SMILES string of the molecule is CSc1ccc(OCC[C@@H]2c3ccccc3C=CCN2C)cc1. The molecule has 120 valence electrons. The molecule has 2 aromatic carbocycles. The largest absolute Gasteiger partial charge is 0.494 e. The minimum absolute atomic E-state index is 0.395. The number of ether oxygens (including phenoxy) is 1. The topological polar surface area (TPSA) is 12.5 Å². The van der Waals surface area contributed by atoms with Crippen LogP contribution >= 0.6 is 11.8 Å². The van der Waals surface area contributed by atoms with E-state index in [9.17, 15) is 0 Å². The molecule has 1 atom stereocenters. The van der Waals surface area contributed by atoms with Gasteiger partial charge >= 0.3 is 0 Å². The third-order valence-electron chi connectivity index (χ3n) is 4.30. The minimum atomic E-state index is 0.395. The van der Waals surface area contributed by atoms with Crippen molar-refractivity contribution in [2.75, 3.05) is 26.5 Å². The lowest BCUT2D eigenvalue weighted by Gasteiger charge is -2.27. The molecule has 3 heteroatoms. The summed E-state index contributed by atoms with van der Waals surface area (Å²) in [5.41, 5.74) is 2.72. The Balaban J connectivity index is 1.65. The molecule has 0 N–H and O–H groups in total. The van der Waals surface area contributed by atoms with Gasteiger partial charge in [-0.2, -0.15) is 0 Å². The van der Waals surface area contributed by atoms with E-state index in [0.29, 0.717) is 6.04 Å².